The summed E-state index contributed by atoms with van der Waals surface area (Å²) >= 11 is 7.52. The third kappa shape index (κ3) is 6.36. The Bertz CT molecular complexity index is 342. The second-order valence-electron chi connectivity index (χ2n) is 7.40. The molecule has 2 nitrogen and oxygen atoms in total. The first-order valence-corrected chi connectivity index (χ1v) is 11.8. The van der Waals surface area contributed by atoms with E-state index in [-0.39, 0.29) is 5.41 Å². The van der Waals surface area contributed by atoms with Gasteiger partial charge in [0.15, 0.2) is 0 Å². The molecule has 0 aromatic heterocycles. The summed E-state index contributed by atoms with van der Waals surface area (Å²) in [6.45, 7) is 15.0. The van der Waals surface area contributed by atoms with Gasteiger partial charge in [0.05, 0.1) is 13.2 Å². The van der Waals surface area contributed by atoms with Gasteiger partial charge in [0, 0.05) is 10.7 Å². The zero-order valence-electron chi connectivity index (χ0n) is 13.9. The molecule has 0 radical (unpaired) electrons. The number of hydrogen-bond acceptors (Lipinski definition) is 4. The highest BCUT2D eigenvalue weighted by Crippen LogP contribution is 2.67. The third-order valence-corrected chi connectivity index (χ3v) is 9.41. The maximum absolute atomic E-state index is 5.97. The van der Waals surface area contributed by atoms with E-state index in [1.807, 2.05) is 11.4 Å². The summed E-state index contributed by atoms with van der Waals surface area (Å²) in [5.74, 6) is 0. The average molecular weight is 339 g/mol. The minimum atomic E-state index is -2.13. The first-order valence-electron chi connectivity index (χ1n) is 7.69. The summed E-state index contributed by atoms with van der Waals surface area (Å²) in [5.41, 5.74) is -1.65. The Balaban J connectivity index is 2.64. The van der Waals surface area contributed by atoms with E-state index < -0.39 is 5.69 Å². The van der Waals surface area contributed by atoms with E-state index in [0.29, 0.717) is 10.7 Å². The monoisotopic (exact) mass is 338 g/mol. The van der Waals surface area contributed by atoms with Gasteiger partial charge < -0.3 is 9.05 Å². The van der Waals surface area contributed by atoms with Gasteiger partial charge in [-0.3, -0.25) is 0 Å². The molecule has 0 N–H and O–H groups in total. The molecule has 1 fully saturated rings. The van der Waals surface area contributed by atoms with Gasteiger partial charge >= 0.3 is 0 Å². The lowest BCUT2D eigenvalue weighted by Gasteiger charge is -2.38. The summed E-state index contributed by atoms with van der Waals surface area (Å²) in [5, 5.41) is 0.557. The molecule has 0 amide bonds. The Morgan fingerprint density at radius 1 is 1.25 bits per heavy atom. The van der Waals surface area contributed by atoms with Crippen LogP contribution in [0.5, 0.6) is 0 Å². The van der Waals surface area contributed by atoms with Gasteiger partial charge in [-0.2, -0.15) is 0 Å². The molecule has 0 aromatic carbocycles. The summed E-state index contributed by atoms with van der Waals surface area (Å²) in [6, 6.07) is 0. The first-order chi connectivity index (χ1) is 9.11. The van der Waals surface area contributed by atoms with Gasteiger partial charge in [0.25, 0.3) is 0 Å². The minimum Gasteiger partial charge on any atom is -0.321 e. The zero-order chi connectivity index (χ0) is 15.4. The first kappa shape index (κ1) is 19.0. The highest BCUT2D eigenvalue weighted by molar-refractivity contribution is 8.68. The molecule has 1 aliphatic heterocycles. The van der Waals surface area contributed by atoms with Gasteiger partial charge in [-0.1, -0.05) is 65.8 Å². The van der Waals surface area contributed by atoms with Crippen LogP contribution in [0.4, 0.5) is 0 Å². The molecule has 1 unspecified atom stereocenters. The molecule has 1 atom stereocenters. The molecule has 0 aromatic rings. The lowest BCUT2D eigenvalue weighted by Crippen LogP contribution is -2.29. The molecular weight excluding hydrogens is 307 g/mol. The molecule has 0 spiro atoms. The molecule has 0 aliphatic carbocycles. The average Bonchev–Trinajstić information content (AvgIpc) is 2.34. The predicted octanol–water partition coefficient (Wildman–Crippen LogP) is 6.01. The van der Waals surface area contributed by atoms with Gasteiger partial charge in [-0.05, 0) is 30.1 Å². The largest absolute Gasteiger partial charge is 0.321 e. The van der Waals surface area contributed by atoms with Crippen LogP contribution in [0.15, 0.2) is 0 Å². The third-order valence-electron chi connectivity index (χ3n) is 3.85. The molecule has 1 aliphatic rings. The fourth-order valence-corrected chi connectivity index (χ4v) is 8.28. The van der Waals surface area contributed by atoms with E-state index in [2.05, 4.69) is 41.5 Å². The lowest BCUT2D eigenvalue weighted by molar-refractivity contribution is 0.0671. The van der Waals surface area contributed by atoms with Crippen molar-refractivity contribution in [3.8, 4) is 0 Å². The van der Waals surface area contributed by atoms with Crippen LogP contribution < -0.4 is 0 Å². The number of rotatable bonds is 7. The van der Waals surface area contributed by atoms with Crippen LogP contribution >= 0.6 is 17.1 Å². The Morgan fingerprint density at radius 2 is 1.80 bits per heavy atom. The van der Waals surface area contributed by atoms with Gasteiger partial charge in [-0.25, -0.2) is 0 Å². The van der Waals surface area contributed by atoms with Crippen LogP contribution in [0.25, 0.3) is 0 Å². The molecule has 1 saturated heterocycles. The maximum Gasteiger partial charge on any atom is 0.247 e. The van der Waals surface area contributed by atoms with Gasteiger partial charge in [-0.15, -0.1) is 0 Å². The molecule has 1 rings (SSSR count). The summed E-state index contributed by atoms with van der Waals surface area (Å²) in [4.78, 5) is 0. The second kappa shape index (κ2) is 7.46. The molecular formula is C15H31O2PS2. The van der Waals surface area contributed by atoms with Crippen molar-refractivity contribution in [3.63, 3.8) is 0 Å². The smallest absolute Gasteiger partial charge is 0.247 e. The molecule has 0 bridgehead atoms. The van der Waals surface area contributed by atoms with E-state index in [0.717, 1.165) is 13.2 Å². The normalized spacial score (nSPS) is 23.5. The van der Waals surface area contributed by atoms with Crippen molar-refractivity contribution in [2.45, 2.75) is 72.5 Å². The zero-order valence-corrected chi connectivity index (χ0v) is 16.4. The summed E-state index contributed by atoms with van der Waals surface area (Å²) in [6.07, 6.45) is 4.78. The number of hydrogen-bond donors (Lipinski definition) is 0. The molecule has 5 heteroatoms. The predicted molar refractivity (Wildman–Crippen MR) is 94.9 cm³/mol. The van der Waals surface area contributed by atoms with Crippen LogP contribution in [0.2, 0.25) is 0 Å². The van der Waals surface area contributed by atoms with Gasteiger partial charge in [0.1, 0.15) is 0 Å². The van der Waals surface area contributed by atoms with Crippen LogP contribution in [-0.2, 0) is 20.9 Å². The highest BCUT2D eigenvalue weighted by Gasteiger charge is 2.36. The quantitative estimate of drug-likeness (QED) is 0.529. The van der Waals surface area contributed by atoms with Crippen molar-refractivity contribution in [3.05, 3.63) is 0 Å². The van der Waals surface area contributed by atoms with Crippen LogP contribution in [-0.4, -0.2) is 18.5 Å². The Hall–Kier alpha value is 0.920. The fourth-order valence-electron chi connectivity index (χ4n) is 2.10. The van der Waals surface area contributed by atoms with Crippen molar-refractivity contribution in [2.24, 2.45) is 10.8 Å². The fraction of sp³-hybridized carbons (Fsp3) is 1.00. The summed E-state index contributed by atoms with van der Waals surface area (Å²) in [7, 11) is 0. The van der Waals surface area contributed by atoms with Crippen molar-refractivity contribution in [1.29, 1.82) is 0 Å². The lowest BCUT2D eigenvalue weighted by atomic mass is 9.84. The topological polar surface area (TPSA) is 18.5 Å². The maximum atomic E-state index is 5.97. The van der Waals surface area contributed by atoms with E-state index in [9.17, 15) is 0 Å². The SMILES string of the molecule is CCCC(CC(C)(C)CC)SP1(=S)OCC(C)(C)CO1. The van der Waals surface area contributed by atoms with E-state index in [1.165, 1.54) is 25.7 Å². The molecule has 120 valence electrons. The molecule has 0 saturated carbocycles. The second-order valence-corrected chi connectivity index (χ2v) is 13.9. The van der Waals surface area contributed by atoms with E-state index >= 15 is 0 Å². The van der Waals surface area contributed by atoms with Crippen molar-refractivity contribution >= 4 is 28.9 Å². The van der Waals surface area contributed by atoms with Crippen molar-refractivity contribution < 1.29 is 9.05 Å². The van der Waals surface area contributed by atoms with Crippen molar-refractivity contribution in [2.75, 3.05) is 13.2 Å². The Kier molecular flexibility index (Phi) is 7.07. The molecule has 1 heterocycles. The standard InChI is InChI=1S/C15H31O2PS2/c1-7-9-13(10-14(3,4)8-2)20-18(19)16-11-15(5,6)12-17-18/h13H,7-12H2,1-6H3. The summed E-state index contributed by atoms with van der Waals surface area (Å²) < 4.78 is 11.9. The van der Waals surface area contributed by atoms with E-state index in [4.69, 9.17) is 20.9 Å². The van der Waals surface area contributed by atoms with Gasteiger partial charge in [0.2, 0.25) is 5.69 Å². The molecule has 20 heavy (non-hydrogen) atoms. The highest BCUT2D eigenvalue weighted by atomic mass is 32.9. The van der Waals surface area contributed by atoms with Crippen LogP contribution in [0, 0.1) is 10.8 Å². The van der Waals surface area contributed by atoms with E-state index in [1.54, 1.807) is 0 Å². The Morgan fingerprint density at radius 3 is 2.25 bits per heavy atom. The van der Waals surface area contributed by atoms with Crippen LogP contribution in [0.3, 0.4) is 0 Å². The minimum absolute atomic E-state index is 0.103. The van der Waals surface area contributed by atoms with Crippen molar-refractivity contribution in [1.82, 2.24) is 0 Å². The van der Waals surface area contributed by atoms with Crippen LogP contribution in [0.1, 0.15) is 67.2 Å². The Labute approximate surface area is 134 Å².